The number of piperidine rings is 1. The van der Waals surface area contributed by atoms with Crippen LogP contribution in [0, 0.1) is 22.9 Å². The Morgan fingerprint density at radius 1 is 1.13 bits per heavy atom. The minimum atomic E-state index is -1.46. The van der Waals surface area contributed by atoms with Gasteiger partial charge in [-0.05, 0) is 74.5 Å². The Labute approximate surface area is 231 Å². The van der Waals surface area contributed by atoms with Gasteiger partial charge in [0.25, 0.3) is 0 Å². The average molecular weight is 566 g/mol. The number of aromatic nitrogens is 1. The van der Waals surface area contributed by atoms with Crippen molar-refractivity contribution < 1.29 is 27.4 Å². The van der Waals surface area contributed by atoms with Crippen LogP contribution in [0.3, 0.4) is 0 Å². The minimum absolute atomic E-state index is 0.0120. The number of halogens is 4. The summed E-state index contributed by atoms with van der Waals surface area (Å²) in [4.78, 5) is 8.94. The van der Waals surface area contributed by atoms with Crippen LogP contribution in [0.15, 0.2) is 41.4 Å². The first kappa shape index (κ1) is 29.4. The van der Waals surface area contributed by atoms with Crippen molar-refractivity contribution in [1.82, 2.24) is 9.88 Å². The SMILES string of the molecule is COc1ccc2ncc(N(C)C)c([C@H](F)CCC3(CO)CCN(CCSc4cc(F)c(F)c(F)c4)CC3)c2c1. The lowest BCUT2D eigenvalue weighted by molar-refractivity contribution is 0.0323. The van der Waals surface area contributed by atoms with Gasteiger partial charge in [0, 0.05) is 48.8 Å². The third-order valence-corrected chi connectivity index (χ3v) is 8.66. The molecule has 39 heavy (non-hydrogen) atoms. The van der Waals surface area contributed by atoms with E-state index in [1.54, 1.807) is 13.3 Å². The van der Waals surface area contributed by atoms with Crippen LogP contribution in [0.2, 0.25) is 0 Å². The molecular formula is C29H35F4N3O2S. The van der Waals surface area contributed by atoms with E-state index >= 15 is 4.39 Å². The number of likely N-dealkylation sites (tertiary alicyclic amines) is 1. The van der Waals surface area contributed by atoms with Crippen LogP contribution in [0.4, 0.5) is 23.2 Å². The number of methoxy groups -OCH3 is 1. The Balaban J connectivity index is 1.37. The molecule has 3 aromatic rings. The maximum absolute atomic E-state index is 16.0. The third-order valence-electron chi connectivity index (χ3n) is 7.70. The van der Waals surface area contributed by atoms with E-state index in [9.17, 15) is 18.3 Å². The quantitative estimate of drug-likeness (QED) is 0.165. The molecule has 1 aromatic heterocycles. The Bertz CT molecular complexity index is 1260. The maximum atomic E-state index is 16.0. The molecule has 1 fully saturated rings. The van der Waals surface area contributed by atoms with Crippen LogP contribution in [0.5, 0.6) is 5.75 Å². The van der Waals surface area contributed by atoms with Gasteiger partial charge in [-0.15, -0.1) is 11.8 Å². The number of nitrogens with zero attached hydrogens (tertiary/aromatic N) is 3. The van der Waals surface area contributed by atoms with E-state index in [1.165, 1.54) is 11.8 Å². The van der Waals surface area contributed by atoms with Crippen molar-refractivity contribution in [2.45, 2.75) is 36.8 Å². The predicted molar refractivity (Wildman–Crippen MR) is 148 cm³/mol. The van der Waals surface area contributed by atoms with E-state index in [1.807, 2.05) is 37.2 Å². The number of aliphatic hydroxyl groups excluding tert-OH is 1. The molecule has 2 heterocycles. The highest BCUT2D eigenvalue weighted by atomic mass is 32.2. The number of fused-ring (bicyclic) bond motifs is 1. The van der Waals surface area contributed by atoms with Crippen molar-refractivity contribution in [2.75, 3.05) is 58.1 Å². The number of rotatable bonds is 11. The van der Waals surface area contributed by atoms with Gasteiger partial charge < -0.3 is 19.6 Å². The van der Waals surface area contributed by atoms with Crippen molar-refractivity contribution in [3.63, 3.8) is 0 Å². The summed E-state index contributed by atoms with van der Waals surface area (Å²) < 4.78 is 61.5. The number of ether oxygens (including phenoxy) is 1. The van der Waals surface area contributed by atoms with Crippen molar-refractivity contribution in [3.8, 4) is 5.75 Å². The van der Waals surface area contributed by atoms with Gasteiger partial charge in [0.1, 0.15) is 11.9 Å². The number of pyridine rings is 1. The molecule has 0 aliphatic carbocycles. The normalized spacial score (nSPS) is 16.4. The molecule has 10 heteroatoms. The summed E-state index contributed by atoms with van der Waals surface area (Å²) in [7, 11) is 5.31. The number of alkyl halides is 1. The van der Waals surface area contributed by atoms with Gasteiger partial charge in [-0.3, -0.25) is 4.98 Å². The van der Waals surface area contributed by atoms with Crippen molar-refractivity contribution in [2.24, 2.45) is 5.41 Å². The van der Waals surface area contributed by atoms with E-state index in [4.69, 9.17) is 4.74 Å². The summed E-state index contributed by atoms with van der Waals surface area (Å²) in [6.07, 6.45) is 2.73. The van der Waals surface area contributed by atoms with Crippen LogP contribution in [0.25, 0.3) is 10.9 Å². The predicted octanol–water partition coefficient (Wildman–Crippen LogP) is 6.38. The van der Waals surface area contributed by atoms with Crippen LogP contribution in [0.1, 0.15) is 37.4 Å². The fraction of sp³-hybridized carbons (Fsp3) is 0.483. The maximum Gasteiger partial charge on any atom is 0.194 e. The lowest BCUT2D eigenvalue weighted by atomic mass is 9.74. The smallest absolute Gasteiger partial charge is 0.194 e. The number of anilines is 1. The highest BCUT2D eigenvalue weighted by Gasteiger charge is 2.35. The molecule has 1 atom stereocenters. The first-order valence-corrected chi connectivity index (χ1v) is 14.0. The van der Waals surface area contributed by atoms with Crippen LogP contribution in [-0.4, -0.2) is 68.2 Å². The fourth-order valence-corrected chi connectivity index (χ4v) is 6.18. The van der Waals surface area contributed by atoms with Gasteiger partial charge in [-0.25, -0.2) is 17.6 Å². The number of hydrogen-bond donors (Lipinski definition) is 1. The Hall–Kier alpha value is -2.56. The summed E-state index contributed by atoms with van der Waals surface area (Å²) >= 11 is 1.27. The highest BCUT2D eigenvalue weighted by molar-refractivity contribution is 7.99. The zero-order valence-electron chi connectivity index (χ0n) is 22.5. The van der Waals surface area contributed by atoms with Crippen LogP contribution < -0.4 is 9.64 Å². The highest BCUT2D eigenvalue weighted by Crippen LogP contribution is 2.42. The van der Waals surface area contributed by atoms with Crippen LogP contribution in [-0.2, 0) is 0 Å². The standard InChI is InChI=1S/C29H35F4N3O2S/c1-35(2)26-17-34-25-5-4-19(38-3)14-21(25)27(26)22(30)6-7-29(18-37)8-10-36(11-9-29)12-13-39-20-15-23(31)28(33)24(32)16-20/h4-5,14-17,22,37H,6-13,18H2,1-3H3/t22-/m1/s1. The summed E-state index contributed by atoms with van der Waals surface area (Å²) in [5.41, 5.74) is 1.64. The molecule has 0 amide bonds. The topological polar surface area (TPSA) is 48.8 Å². The second kappa shape index (κ2) is 12.7. The second-order valence-electron chi connectivity index (χ2n) is 10.4. The number of benzene rings is 2. The van der Waals surface area contributed by atoms with Crippen molar-refractivity contribution in [1.29, 1.82) is 0 Å². The van der Waals surface area contributed by atoms with E-state index in [0.29, 0.717) is 40.4 Å². The molecule has 0 radical (unpaired) electrons. The molecule has 0 saturated carbocycles. The third kappa shape index (κ3) is 6.78. The Morgan fingerprint density at radius 2 is 1.82 bits per heavy atom. The van der Waals surface area contributed by atoms with Crippen molar-refractivity contribution in [3.05, 3.63) is 59.5 Å². The first-order chi connectivity index (χ1) is 18.7. The number of aliphatic hydroxyl groups is 1. The van der Waals surface area contributed by atoms with Gasteiger partial charge in [0.05, 0.1) is 24.5 Å². The lowest BCUT2D eigenvalue weighted by Crippen LogP contribution is -2.42. The van der Waals surface area contributed by atoms with E-state index in [-0.39, 0.29) is 18.4 Å². The molecule has 1 N–H and O–H groups in total. The first-order valence-electron chi connectivity index (χ1n) is 13.0. The molecule has 212 valence electrons. The lowest BCUT2D eigenvalue weighted by Gasteiger charge is -2.41. The molecule has 1 aliphatic heterocycles. The minimum Gasteiger partial charge on any atom is -0.497 e. The molecule has 0 spiro atoms. The van der Waals surface area contributed by atoms with Gasteiger partial charge in [0.15, 0.2) is 17.5 Å². The van der Waals surface area contributed by atoms with Gasteiger partial charge in [0.2, 0.25) is 0 Å². The monoisotopic (exact) mass is 565 g/mol. The number of thioether (sulfide) groups is 1. The molecular weight excluding hydrogens is 530 g/mol. The van der Waals surface area contributed by atoms with Gasteiger partial charge in [-0.1, -0.05) is 0 Å². The van der Waals surface area contributed by atoms with E-state index in [2.05, 4.69) is 9.88 Å². The van der Waals surface area contributed by atoms with E-state index in [0.717, 1.165) is 49.1 Å². The number of hydrogen-bond acceptors (Lipinski definition) is 6. The molecule has 5 nitrogen and oxygen atoms in total. The molecule has 1 aliphatic rings. The zero-order valence-corrected chi connectivity index (χ0v) is 23.3. The van der Waals surface area contributed by atoms with Crippen LogP contribution >= 0.6 is 11.8 Å². The summed E-state index contributed by atoms with van der Waals surface area (Å²) in [5.74, 6) is -2.60. The summed E-state index contributed by atoms with van der Waals surface area (Å²) in [6, 6.07) is 7.48. The Morgan fingerprint density at radius 3 is 2.44 bits per heavy atom. The molecule has 4 rings (SSSR count). The Kier molecular flexibility index (Phi) is 9.61. The summed E-state index contributed by atoms with van der Waals surface area (Å²) in [6.45, 7) is 2.16. The van der Waals surface area contributed by atoms with Gasteiger partial charge >= 0.3 is 0 Å². The van der Waals surface area contributed by atoms with E-state index < -0.39 is 23.6 Å². The zero-order chi connectivity index (χ0) is 28.2. The molecule has 1 saturated heterocycles. The molecule has 2 aromatic carbocycles. The summed E-state index contributed by atoms with van der Waals surface area (Å²) in [5, 5.41) is 11.0. The fourth-order valence-electron chi connectivity index (χ4n) is 5.22. The molecule has 0 unspecified atom stereocenters. The second-order valence-corrected chi connectivity index (χ2v) is 11.6. The molecule has 0 bridgehead atoms. The average Bonchev–Trinajstić information content (AvgIpc) is 2.94. The largest absolute Gasteiger partial charge is 0.497 e. The van der Waals surface area contributed by atoms with Crippen molar-refractivity contribution >= 4 is 28.4 Å². The van der Waals surface area contributed by atoms with Gasteiger partial charge in [-0.2, -0.15) is 0 Å².